The van der Waals surface area contributed by atoms with E-state index in [1.807, 2.05) is 31.2 Å². The summed E-state index contributed by atoms with van der Waals surface area (Å²) in [5.74, 6) is 0.623. The highest BCUT2D eigenvalue weighted by Crippen LogP contribution is 2.35. The molecule has 0 aliphatic carbocycles. The average molecular weight is 388 g/mol. The van der Waals surface area contributed by atoms with Gasteiger partial charge in [0.15, 0.2) is 0 Å². The van der Waals surface area contributed by atoms with E-state index in [-0.39, 0.29) is 11.9 Å². The van der Waals surface area contributed by atoms with Gasteiger partial charge in [0.05, 0.1) is 19.1 Å². The van der Waals surface area contributed by atoms with E-state index in [4.69, 9.17) is 4.74 Å². The predicted molar refractivity (Wildman–Crippen MR) is 106 cm³/mol. The van der Waals surface area contributed by atoms with Crippen LogP contribution in [0.3, 0.4) is 0 Å². The Hall–Kier alpha value is -2.54. The van der Waals surface area contributed by atoms with Crippen molar-refractivity contribution in [2.75, 3.05) is 24.7 Å². The van der Waals surface area contributed by atoms with Crippen molar-refractivity contribution < 1.29 is 17.9 Å². The predicted octanol–water partition coefficient (Wildman–Crippen LogP) is 2.68. The molecule has 0 saturated heterocycles. The first-order valence-corrected chi connectivity index (χ1v) is 10.6. The number of amides is 1. The molecule has 2 aromatic carbocycles. The summed E-state index contributed by atoms with van der Waals surface area (Å²) >= 11 is 0. The number of hydrogen-bond donors (Lipinski definition) is 0. The highest BCUT2D eigenvalue weighted by atomic mass is 32.2. The number of anilines is 1. The third-order valence-corrected chi connectivity index (χ3v) is 6.05. The average Bonchev–Trinajstić information content (AvgIpc) is 2.96. The van der Waals surface area contributed by atoms with Gasteiger partial charge in [-0.2, -0.15) is 0 Å². The molecule has 27 heavy (non-hydrogen) atoms. The first-order chi connectivity index (χ1) is 12.7. The maximum Gasteiger partial charge on any atom is 0.253 e. The molecule has 6 nitrogen and oxygen atoms in total. The number of rotatable bonds is 5. The molecule has 1 heterocycles. The van der Waals surface area contributed by atoms with Crippen LogP contribution in [0.5, 0.6) is 5.75 Å². The van der Waals surface area contributed by atoms with Crippen molar-refractivity contribution in [3.8, 4) is 5.75 Å². The van der Waals surface area contributed by atoms with Crippen LogP contribution in [0.25, 0.3) is 0 Å². The topological polar surface area (TPSA) is 66.9 Å². The number of carbonyl (C=O) groups excluding carboxylic acids is 1. The Morgan fingerprint density at radius 3 is 2.63 bits per heavy atom. The standard InChI is InChI=1S/C20H24N2O4S/c1-14-11-17-12-15(9-10-18(17)22(14)27(4,24)25)20(23)21(2)13-16-7-5-6-8-19(16)26-3/h5-10,12,14H,11,13H2,1-4H3. The normalized spacial score (nSPS) is 16.1. The van der Waals surface area contributed by atoms with Gasteiger partial charge in [0.1, 0.15) is 5.75 Å². The smallest absolute Gasteiger partial charge is 0.253 e. The van der Waals surface area contributed by atoms with Crippen molar-refractivity contribution in [2.24, 2.45) is 0 Å². The van der Waals surface area contributed by atoms with Crippen molar-refractivity contribution in [2.45, 2.75) is 25.9 Å². The van der Waals surface area contributed by atoms with E-state index in [0.717, 1.165) is 16.9 Å². The Morgan fingerprint density at radius 2 is 1.96 bits per heavy atom. The first kappa shape index (κ1) is 19.2. The lowest BCUT2D eigenvalue weighted by atomic mass is 10.1. The van der Waals surface area contributed by atoms with E-state index in [1.165, 1.54) is 10.6 Å². The van der Waals surface area contributed by atoms with Gasteiger partial charge in [-0.3, -0.25) is 9.10 Å². The minimum atomic E-state index is -3.34. The minimum absolute atomic E-state index is 0.117. The summed E-state index contributed by atoms with van der Waals surface area (Å²) in [6.07, 6.45) is 1.80. The van der Waals surface area contributed by atoms with Crippen molar-refractivity contribution in [1.82, 2.24) is 4.90 Å². The van der Waals surface area contributed by atoms with E-state index in [9.17, 15) is 13.2 Å². The molecule has 0 aromatic heterocycles. The van der Waals surface area contributed by atoms with Crippen molar-refractivity contribution in [3.63, 3.8) is 0 Å². The van der Waals surface area contributed by atoms with Crippen LogP contribution >= 0.6 is 0 Å². The summed E-state index contributed by atoms with van der Waals surface area (Å²) in [4.78, 5) is 14.5. The molecular weight excluding hydrogens is 364 g/mol. The van der Waals surface area contributed by atoms with Crippen molar-refractivity contribution >= 4 is 21.6 Å². The lowest BCUT2D eigenvalue weighted by molar-refractivity contribution is 0.0784. The fourth-order valence-corrected chi connectivity index (χ4v) is 4.89. The Balaban J connectivity index is 1.83. The molecule has 2 aromatic rings. The van der Waals surface area contributed by atoms with E-state index < -0.39 is 10.0 Å². The van der Waals surface area contributed by atoms with E-state index in [0.29, 0.717) is 24.2 Å². The molecule has 7 heteroatoms. The minimum Gasteiger partial charge on any atom is -0.496 e. The second kappa shape index (κ2) is 7.23. The summed E-state index contributed by atoms with van der Waals surface area (Å²) < 4.78 is 30.8. The SMILES string of the molecule is COc1ccccc1CN(C)C(=O)c1ccc2c(c1)CC(C)N2S(C)(=O)=O. The molecule has 0 saturated carbocycles. The van der Waals surface area contributed by atoms with Gasteiger partial charge in [-0.05, 0) is 43.2 Å². The van der Waals surface area contributed by atoms with Crippen LogP contribution in [0.15, 0.2) is 42.5 Å². The van der Waals surface area contributed by atoms with Crippen LogP contribution in [0.1, 0.15) is 28.4 Å². The molecule has 0 bridgehead atoms. The molecule has 0 fully saturated rings. The molecule has 1 atom stereocenters. The summed E-state index contributed by atoms with van der Waals surface area (Å²) in [5.41, 5.74) is 3.01. The number of carbonyl (C=O) groups is 1. The fraction of sp³-hybridized carbons (Fsp3) is 0.350. The maximum atomic E-state index is 12.9. The second-order valence-electron chi connectivity index (χ2n) is 6.93. The summed E-state index contributed by atoms with van der Waals surface area (Å²) in [6.45, 7) is 2.29. The number of sulfonamides is 1. The third-order valence-electron chi connectivity index (χ3n) is 4.78. The van der Waals surface area contributed by atoms with E-state index >= 15 is 0 Å². The third kappa shape index (κ3) is 3.78. The van der Waals surface area contributed by atoms with Gasteiger partial charge in [0, 0.05) is 30.8 Å². The van der Waals surface area contributed by atoms with Crippen LogP contribution in [0.4, 0.5) is 5.69 Å². The first-order valence-electron chi connectivity index (χ1n) is 8.72. The molecule has 1 amide bonds. The zero-order chi connectivity index (χ0) is 19.8. The highest BCUT2D eigenvalue weighted by Gasteiger charge is 2.33. The molecule has 1 aliphatic heterocycles. The Morgan fingerprint density at radius 1 is 1.26 bits per heavy atom. The molecule has 1 aliphatic rings. The Kier molecular flexibility index (Phi) is 5.15. The number of fused-ring (bicyclic) bond motifs is 1. The van der Waals surface area contributed by atoms with E-state index in [2.05, 4.69) is 0 Å². The summed E-state index contributed by atoms with van der Waals surface area (Å²) in [6, 6.07) is 12.7. The lowest BCUT2D eigenvalue weighted by Crippen LogP contribution is -2.34. The fourth-order valence-electron chi connectivity index (χ4n) is 3.62. The van der Waals surface area contributed by atoms with Gasteiger partial charge in [-0.25, -0.2) is 8.42 Å². The maximum absolute atomic E-state index is 12.9. The molecule has 1 unspecified atom stereocenters. The lowest BCUT2D eigenvalue weighted by Gasteiger charge is -2.22. The number of ether oxygens (including phenoxy) is 1. The molecule has 0 spiro atoms. The van der Waals surface area contributed by atoms with Crippen LogP contribution in [0.2, 0.25) is 0 Å². The summed E-state index contributed by atoms with van der Waals surface area (Å²) in [7, 11) is 0.0116. The zero-order valence-electron chi connectivity index (χ0n) is 16.0. The molecule has 144 valence electrons. The van der Waals surface area contributed by atoms with Crippen LogP contribution in [0, 0.1) is 0 Å². The highest BCUT2D eigenvalue weighted by molar-refractivity contribution is 7.92. The molecule has 0 N–H and O–H groups in total. The largest absolute Gasteiger partial charge is 0.496 e. The van der Waals surface area contributed by atoms with Crippen LogP contribution < -0.4 is 9.04 Å². The Bertz CT molecular complexity index is 972. The van der Waals surface area contributed by atoms with Gasteiger partial charge in [-0.1, -0.05) is 18.2 Å². The van der Waals surface area contributed by atoms with Gasteiger partial charge in [0.2, 0.25) is 10.0 Å². The summed E-state index contributed by atoms with van der Waals surface area (Å²) in [5, 5.41) is 0. The van der Waals surface area contributed by atoms with E-state index in [1.54, 1.807) is 37.3 Å². The zero-order valence-corrected chi connectivity index (χ0v) is 16.8. The molecule has 3 rings (SSSR count). The number of benzene rings is 2. The number of hydrogen-bond acceptors (Lipinski definition) is 4. The van der Waals surface area contributed by atoms with Gasteiger partial charge in [0.25, 0.3) is 5.91 Å². The van der Waals surface area contributed by atoms with Gasteiger partial charge in [-0.15, -0.1) is 0 Å². The number of para-hydroxylation sites is 1. The van der Waals surface area contributed by atoms with Crippen LogP contribution in [-0.4, -0.2) is 45.7 Å². The quantitative estimate of drug-likeness (QED) is 0.790. The van der Waals surface area contributed by atoms with Gasteiger partial charge >= 0.3 is 0 Å². The van der Waals surface area contributed by atoms with Crippen LogP contribution in [-0.2, 0) is 23.0 Å². The van der Waals surface area contributed by atoms with Crippen molar-refractivity contribution in [1.29, 1.82) is 0 Å². The Labute approximate surface area is 160 Å². The van der Waals surface area contributed by atoms with Gasteiger partial charge < -0.3 is 9.64 Å². The second-order valence-corrected chi connectivity index (χ2v) is 8.79. The molecular formula is C20H24N2O4S. The molecule has 0 radical (unpaired) electrons. The monoisotopic (exact) mass is 388 g/mol. The number of methoxy groups -OCH3 is 1. The van der Waals surface area contributed by atoms with Crippen molar-refractivity contribution in [3.05, 3.63) is 59.2 Å². The number of nitrogens with zero attached hydrogens (tertiary/aromatic N) is 2.